The van der Waals surface area contributed by atoms with Gasteiger partial charge in [0.2, 0.25) is 11.7 Å². The van der Waals surface area contributed by atoms with Crippen molar-refractivity contribution >= 4 is 17.2 Å². The smallest absolute Gasteiger partial charge is 0.251 e. The second-order valence-electron chi connectivity index (χ2n) is 5.79. The number of methoxy groups -OCH3 is 1. The first-order valence-electron chi connectivity index (χ1n) is 8.55. The van der Waals surface area contributed by atoms with Gasteiger partial charge in [-0.2, -0.15) is 4.98 Å². The summed E-state index contributed by atoms with van der Waals surface area (Å²) in [7, 11) is 1.59. The molecule has 1 aromatic carbocycles. The minimum absolute atomic E-state index is 0.0820. The maximum absolute atomic E-state index is 12.1. The van der Waals surface area contributed by atoms with Gasteiger partial charge in [-0.1, -0.05) is 23.7 Å². The van der Waals surface area contributed by atoms with Crippen LogP contribution >= 0.6 is 11.3 Å². The molecule has 7 heteroatoms. The van der Waals surface area contributed by atoms with Crippen molar-refractivity contribution in [3.8, 4) is 16.5 Å². The molecular formula is C19H21N3O3S. The third-order valence-corrected chi connectivity index (χ3v) is 4.76. The van der Waals surface area contributed by atoms with Crippen LogP contribution in [0.25, 0.3) is 10.7 Å². The van der Waals surface area contributed by atoms with Gasteiger partial charge in [0.25, 0.3) is 5.91 Å². The molecule has 26 heavy (non-hydrogen) atoms. The zero-order valence-corrected chi connectivity index (χ0v) is 15.4. The summed E-state index contributed by atoms with van der Waals surface area (Å²) in [5.74, 6) is 1.91. The Balaban J connectivity index is 1.34. The van der Waals surface area contributed by atoms with Crippen LogP contribution in [0.3, 0.4) is 0 Å². The minimum atomic E-state index is -0.0820. The van der Waals surface area contributed by atoms with E-state index in [1.54, 1.807) is 30.6 Å². The van der Waals surface area contributed by atoms with E-state index in [0.29, 0.717) is 29.6 Å². The van der Waals surface area contributed by atoms with Gasteiger partial charge in [-0.3, -0.25) is 4.79 Å². The van der Waals surface area contributed by atoms with Crippen molar-refractivity contribution in [2.24, 2.45) is 0 Å². The molecule has 0 saturated heterocycles. The second kappa shape index (κ2) is 9.15. The van der Waals surface area contributed by atoms with Gasteiger partial charge < -0.3 is 14.6 Å². The van der Waals surface area contributed by atoms with Gasteiger partial charge >= 0.3 is 0 Å². The van der Waals surface area contributed by atoms with E-state index in [0.717, 1.165) is 30.6 Å². The Bertz CT molecular complexity index is 830. The Hall–Kier alpha value is -2.67. The monoisotopic (exact) mass is 371 g/mol. The first-order chi connectivity index (χ1) is 12.8. The van der Waals surface area contributed by atoms with Crippen LogP contribution < -0.4 is 10.1 Å². The van der Waals surface area contributed by atoms with Gasteiger partial charge in [-0.15, -0.1) is 11.3 Å². The van der Waals surface area contributed by atoms with Gasteiger partial charge in [0.15, 0.2) is 0 Å². The summed E-state index contributed by atoms with van der Waals surface area (Å²) in [5, 5.41) is 8.92. The SMILES string of the molecule is COc1cccc(C(=O)NCCCCCc2nc(-c3cccs3)no2)c1. The van der Waals surface area contributed by atoms with Crippen LogP contribution in [0.4, 0.5) is 0 Å². The molecular weight excluding hydrogens is 350 g/mol. The summed E-state index contributed by atoms with van der Waals surface area (Å²) >= 11 is 1.59. The number of unbranched alkanes of at least 4 members (excludes halogenated alkanes) is 2. The average Bonchev–Trinajstić information content (AvgIpc) is 3.36. The Morgan fingerprint density at radius 1 is 1.23 bits per heavy atom. The second-order valence-corrected chi connectivity index (χ2v) is 6.74. The van der Waals surface area contributed by atoms with Crippen molar-refractivity contribution < 1.29 is 14.1 Å². The summed E-state index contributed by atoms with van der Waals surface area (Å²) in [4.78, 5) is 17.5. The number of carbonyl (C=O) groups is 1. The predicted octanol–water partition coefficient (Wildman–Crippen LogP) is 3.95. The summed E-state index contributed by atoms with van der Waals surface area (Å²) in [6.45, 7) is 0.639. The number of hydrogen-bond acceptors (Lipinski definition) is 6. The fourth-order valence-electron chi connectivity index (χ4n) is 2.51. The molecule has 0 fully saturated rings. The highest BCUT2D eigenvalue weighted by Gasteiger charge is 2.09. The summed E-state index contributed by atoms with van der Waals surface area (Å²) in [5.41, 5.74) is 0.608. The van der Waals surface area contributed by atoms with Crippen LogP contribution in [0.5, 0.6) is 5.75 Å². The van der Waals surface area contributed by atoms with E-state index in [-0.39, 0.29) is 5.91 Å². The quantitative estimate of drug-likeness (QED) is 0.576. The molecule has 1 amide bonds. The molecule has 136 valence electrons. The molecule has 0 saturated carbocycles. The Kier molecular flexibility index (Phi) is 6.38. The number of aryl methyl sites for hydroxylation is 1. The molecule has 1 N–H and O–H groups in total. The maximum Gasteiger partial charge on any atom is 0.251 e. The molecule has 2 aromatic heterocycles. The van der Waals surface area contributed by atoms with Gasteiger partial charge in [0.1, 0.15) is 5.75 Å². The van der Waals surface area contributed by atoms with Crippen LogP contribution in [0.1, 0.15) is 35.5 Å². The van der Waals surface area contributed by atoms with E-state index >= 15 is 0 Å². The number of ether oxygens (including phenoxy) is 1. The fraction of sp³-hybridized carbons (Fsp3) is 0.316. The van der Waals surface area contributed by atoms with Crippen molar-refractivity contribution in [1.82, 2.24) is 15.5 Å². The molecule has 0 unspecified atom stereocenters. The molecule has 0 aliphatic heterocycles. The number of carbonyl (C=O) groups excluding carboxylic acids is 1. The standard InChI is InChI=1S/C19H21N3O3S/c1-24-15-8-5-7-14(13-15)19(23)20-11-4-2-3-10-17-21-18(22-25-17)16-9-6-12-26-16/h5-9,12-13H,2-4,10-11H2,1H3,(H,20,23). The van der Waals surface area contributed by atoms with Gasteiger partial charge in [0.05, 0.1) is 12.0 Å². The van der Waals surface area contributed by atoms with Gasteiger partial charge in [-0.05, 0) is 42.5 Å². The number of amides is 1. The molecule has 0 aliphatic carbocycles. The molecule has 3 aromatic rings. The zero-order chi connectivity index (χ0) is 18.2. The third kappa shape index (κ3) is 4.92. The maximum atomic E-state index is 12.1. The Labute approximate surface area is 156 Å². The summed E-state index contributed by atoms with van der Waals surface area (Å²) in [6, 6.07) is 11.1. The molecule has 6 nitrogen and oxygen atoms in total. The van der Waals surface area contributed by atoms with Crippen molar-refractivity contribution in [2.45, 2.75) is 25.7 Å². The lowest BCUT2D eigenvalue weighted by molar-refractivity contribution is 0.0952. The molecule has 2 heterocycles. The van der Waals surface area contributed by atoms with Crippen LogP contribution in [0, 0.1) is 0 Å². The van der Waals surface area contributed by atoms with Crippen LogP contribution in [-0.2, 0) is 6.42 Å². The fourth-order valence-corrected chi connectivity index (χ4v) is 3.16. The first-order valence-corrected chi connectivity index (χ1v) is 9.43. The van der Waals surface area contributed by atoms with Crippen molar-refractivity contribution in [1.29, 1.82) is 0 Å². The van der Waals surface area contributed by atoms with Crippen LogP contribution in [0.15, 0.2) is 46.3 Å². The van der Waals surface area contributed by atoms with Crippen LogP contribution in [0.2, 0.25) is 0 Å². The zero-order valence-electron chi connectivity index (χ0n) is 14.6. The number of nitrogens with zero attached hydrogens (tertiary/aromatic N) is 2. The lowest BCUT2D eigenvalue weighted by Crippen LogP contribution is -2.24. The number of rotatable bonds is 9. The first kappa shape index (κ1) is 18.1. The van der Waals surface area contributed by atoms with Crippen molar-refractivity contribution in [3.05, 3.63) is 53.2 Å². The van der Waals surface area contributed by atoms with E-state index in [4.69, 9.17) is 9.26 Å². The molecule has 0 spiro atoms. The summed E-state index contributed by atoms with van der Waals surface area (Å²) < 4.78 is 10.4. The average molecular weight is 371 g/mol. The van der Waals surface area contributed by atoms with Gasteiger partial charge in [0, 0.05) is 18.5 Å². The normalized spacial score (nSPS) is 10.7. The number of nitrogens with one attached hydrogen (secondary N) is 1. The number of benzene rings is 1. The minimum Gasteiger partial charge on any atom is -0.497 e. The Morgan fingerprint density at radius 3 is 2.96 bits per heavy atom. The number of thiophene rings is 1. The lowest BCUT2D eigenvalue weighted by atomic mass is 10.1. The highest BCUT2D eigenvalue weighted by molar-refractivity contribution is 7.13. The third-order valence-electron chi connectivity index (χ3n) is 3.89. The predicted molar refractivity (Wildman–Crippen MR) is 100 cm³/mol. The van der Waals surface area contributed by atoms with Crippen molar-refractivity contribution in [2.75, 3.05) is 13.7 Å². The lowest BCUT2D eigenvalue weighted by Gasteiger charge is -2.06. The van der Waals surface area contributed by atoms with E-state index < -0.39 is 0 Å². The highest BCUT2D eigenvalue weighted by atomic mass is 32.1. The number of aromatic nitrogens is 2. The van der Waals surface area contributed by atoms with E-state index in [1.807, 2.05) is 29.6 Å². The van der Waals surface area contributed by atoms with E-state index in [9.17, 15) is 4.79 Å². The van der Waals surface area contributed by atoms with E-state index in [1.165, 1.54) is 0 Å². The molecule has 0 aliphatic rings. The molecule has 3 rings (SSSR count). The highest BCUT2D eigenvalue weighted by Crippen LogP contribution is 2.21. The summed E-state index contributed by atoms with van der Waals surface area (Å²) in [6.07, 6.45) is 3.58. The molecule has 0 radical (unpaired) electrons. The largest absolute Gasteiger partial charge is 0.497 e. The van der Waals surface area contributed by atoms with Crippen LogP contribution in [-0.4, -0.2) is 29.7 Å². The topological polar surface area (TPSA) is 77.2 Å². The van der Waals surface area contributed by atoms with Crippen molar-refractivity contribution in [3.63, 3.8) is 0 Å². The molecule has 0 bridgehead atoms. The van der Waals surface area contributed by atoms with Gasteiger partial charge in [-0.25, -0.2) is 0 Å². The Morgan fingerprint density at radius 2 is 2.15 bits per heavy atom. The van der Waals surface area contributed by atoms with E-state index in [2.05, 4.69) is 15.5 Å². The number of hydrogen-bond donors (Lipinski definition) is 1. The molecule has 0 atom stereocenters.